The van der Waals surface area contributed by atoms with Crippen LogP contribution in [0.15, 0.2) is 46.9 Å². The van der Waals surface area contributed by atoms with Gasteiger partial charge in [-0.25, -0.2) is 4.79 Å². The number of nitrogens with zero attached hydrogens (tertiary/aromatic N) is 2. The maximum atomic E-state index is 12.0. The highest BCUT2D eigenvalue weighted by molar-refractivity contribution is 9.10. The minimum atomic E-state index is -0.932. The summed E-state index contributed by atoms with van der Waals surface area (Å²) < 4.78 is 5.57. The Morgan fingerprint density at radius 2 is 1.55 bits per heavy atom. The van der Waals surface area contributed by atoms with Gasteiger partial charge in [0, 0.05) is 12.1 Å². The lowest BCUT2D eigenvalue weighted by Gasteiger charge is -2.06. The molecule has 0 fully saturated rings. The van der Waals surface area contributed by atoms with Gasteiger partial charge in [0.25, 0.3) is 11.4 Å². The molecule has 0 aliphatic heterocycles. The first kappa shape index (κ1) is 15.6. The van der Waals surface area contributed by atoms with Crippen LogP contribution in [0, 0.1) is 20.2 Å². The van der Waals surface area contributed by atoms with Crippen LogP contribution in [-0.4, -0.2) is 15.8 Å². The maximum Gasteiger partial charge on any atom is 0.344 e. The predicted octanol–water partition coefficient (Wildman–Crippen LogP) is 3.48. The van der Waals surface area contributed by atoms with Gasteiger partial charge in [0.05, 0.1) is 25.9 Å². The molecule has 22 heavy (non-hydrogen) atoms. The molecule has 0 aliphatic carbocycles. The summed E-state index contributed by atoms with van der Waals surface area (Å²) in [5, 5.41) is 21.6. The van der Waals surface area contributed by atoms with Gasteiger partial charge in [0.2, 0.25) is 0 Å². The van der Waals surface area contributed by atoms with Crippen molar-refractivity contribution in [2.45, 2.75) is 0 Å². The van der Waals surface area contributed by atoms with Gasteiger partial charge >= 0.3 is 5.97 Å². The number of hydrogen-bond donors (Lipinski definition) is 0. The maximum absolute atomic E-state index is 12.0. The standard InChI is InChI=1S/C13H7BrN2O6/c14-11-3-1-2-4-12(11)22-13(17)8-5-9(15(18)19)7-10(6-8)16(20)21/h1-7H. The Hall–Kier alpha value is -2.81. The van der Waals surface area contributed by atoms with E-state index in [0.29, 0.717) is 4.47 Å². The molecule has 2 aromatic rings. The molecule has 0 spiro atoms. The Bertz CT molecular complexity index is 745. The number of carbonyl (C=O) groups is 1. The highest BCUT2D eigenvalue weighted by Crippen LogP contribution is 2.27. The number of benzene rings is 2. The second kappa shape index (κ2) is 6.31. The van der Waals surface area contributed by atoms with Crippen LogP contribution in [0.4, 0.5) is 11.4 Å². The molecular weight excluding hydrogens is 360 g/mol. The van der Waals surface area contributed by atoms with E-state index >= 15 is 0 Å². The third kappa shape index (κ3) is 3.44. The zero-order chi connectivity index (χ0) is 16.3. The van der Waals surface area contributed by atoms with Crippen LogP contribution >= 0.6 is 15.9 Å². The van der Waals surface area contributed by atoms with E-state index in [9.17, 15) is 25.0 Å². The van der Waals surface area contributed by atoms with Crippen LogP contribution in [0.25, 0.3) is 0 Å². The van der Waals surface area contributed by atoms with Crippen LogP contribution in [0.3, 0.4) is 0 Å². The van der Waals surface area contributed by atoms with Crippen LogP contribution in [-0.2, 0) is 0 Å². The van der Waals surface area contributed by atoms with Crippen LogP contribution in [0.2, 0.25) is 0 Å². The van der Waals surface area contributed by atoms with E-state index in [1.54, 1.807) is 18.2 Å². The van der Waals surface area contributed by atoms with E-state index in [0.717, 1.165) is 18.2 Å². The summed E-state index contributed by atoms with van der Waals surface area (Å²) in [5.41, 5.74) is -1.40. The molecule has 0 saturated heterocycles. The minimum Gasteiger partial charge on any atom is -0.422 e. The number of non-ortho nitro benzene ring substituents is 2. The number of esters is 1. The molecule has 0 unspecified atom stereocenters. The molecule has 0 N–H and O–H groups in total. The van der Waals surface area contributed by atoms with Crippen LogP contribution in [0.1, 0.15) is 10.4 Å². The van der Waals surface area contributed by atoms with E-state index in [2.05, 4.69) is 15.9 Å². The van der Waals surface area contributed by atoms with Gasteiger partial charge in [-0.3, -0.25) is 20.2 Å². The van der Waals surface area contributed by atoms with Crippen molar-refractivity contribution in [2.24, 2.45) is 0 Å². The summed E-state index contributed by atoms with van der Waals surface area (Å²) >= 11 is 3.18. The first-order chi connectivity index (χ1) is 10.4. The summed E-state index contributed by atoms with van der Waals surface area (Å²) in [7, 11) is 0. The zero-order valence-electron chi connectivity index (χ0n) is 10.8. The molecule has 0 amide bonds. The molecule has 0 bridgehead atoms. The molecular formula is C13H7BrN2O6. The second-order valence-corrected chi connectivity index (χ2v) is 4.93. The first-order valence-corrected chi connectivity index (χ1v) is 6.58. The van der Waals surface area contributed by atoms with Crippen molar-refractivity contribution in [3.63, 3.8) is 0 Å². The fraction of sp³-hybridized carbons (Fsp3) is 0. The molecule has 0 atom stereocenters. The Balaban J connectivity index is 2.39. The van der Waals surface area contributed by atoms with E-state index in [1.807, 2.05) is 0 Å². The van der Waals surface area contributed by atoms with E-state index in [4.69, 9.17) is 4.74 Å². The SMILES string of the molecule is O=C(Oc1ccccc1Br)c1cc([N+](=O)[O-])cc([N+](=O)[O-])c1. The lowest BCUT2D eigenvalue weighted by atomic mass is 10.2. The highest BCUT2D eigenvalue weighted by atomic mass is 79.9. The van der Waals surface area contributed by atoms with Crippen molar-refractivity contribution >= 4 is 33.3 Å². The molecule has 0 saturated carbocycles. The molecule has 2 aromatic carbocycles. The number of nitro benzene ring substituents is 2. The summed E-state index contributed by atoms with van der Waals surface area (Å²) in [6.45, 7) is 0. The summed E-state index contributed by atoms with van der Waals surface area (Å²) in [5.74, 6) is -0.736. The lowest BCUT2D eigenvalue weighted by molar-refractivity contribution is -0.394. The second-order valence-electron chi connectivity index (χ2n) is 4.07. The first-order valence-electron chi connectivity index (χ1n) is 5.79. The van der Waals surface area contributed by atoms with Gasteiger partial charge in [0.15, 0.2) is 0 Å². The molecule has 9 heteroatoms. The molecule has 8 nitrogen and oxygen atoms in total. The monoisotopic (exact) mass is 366 g/mol. The minimum absolute atomic E-state index is 0.196. The van der Waals surface area contributed by atoms with Crippen LogP contribution in [0.5, 0.6) is 5.75 Å². The highest BCUT2D eigenvalue weighted by Gasteiger charge is 2.21. The average Bonchev–Trinajstić information content (AvgIpc) is 2.49. The van der Waals surface area contributed by atoms with Gasteiger partial charge in [0.1, 0.15) is 5.75 Å². The smallest absolute Gasteiger partial charge is 0.344 e. The molecule has 0 aliphatic rings. The van der Waals surface area contributed by atoms with Crippen molar-refractivity contribution in [1.82, 2.24) is 0 Å². The van der Waals surface area contributed by atoms with Crippen molar-refractivity contribution in [1.29, 1.82) is 0 Å². The van der Waals surface area contributed by atoms with Crippen molar-refractivity contribution in [3.8, 4) is 5.75 Å². The van der Waals surface area contributed by atoms with E-state index in [-0.39, 0.29) is 11.3 Å². The fourth-order valence-corrected chi connectivity index (χ4v) is 1.98. The van der Waals surface area contributed by atoms with Gasteiger partial charge < -0.3 is 4.74 Å². The number of halogens is 1. The third-order valence-electron chi connectivity index (χ3n) is 2.60. The normalized spacial score (nSPS) is 10.0. The van der Waals surface area contributed by atoms with Crippen LogP contribution < -0.4 is 4.74 Å². The third-order valence-corrected chi connectivity index (χ3v) is 3.25. The number of nitro groups is 2. The summed E-state index contributed by atoms with van der Waals surface area (Å²) in [6, 6.07) is 9.10. The van der Waals surface area contributed by atoms with E-state index in [1.165, 1.54) is 6.07 Å². The van der Waals surface area contributed by atoms with Gasteiger partial charge in [-0.2, -0.15) is 0 Å². The van der Waals surface area contributed by atoms with Gasteiger partial charge in [-0.05, 0) is 28.1 Å². The largest absolute Gasteiger partial charge is 0.422 e. The molecule has 0 radical (unpaired) electrons. The summed E-state index contributed by atoms with van der Waals surface area (Å²) in [4.78, 5) is 32.0. The number of para-hydroxylation sites is 1. The summed E-state index contributed by atoms with van der Waals surface area (Å²) in [6.07, 6.45) is 0. The quantitative estimate of drug-likeness (QED) is 0.354. The Labute approximate surface area is 131 Å². The van der Waals surface area contributed by atoms with Gasteiger partial charge in [-0.15, -0.1) is 0 Å². The molecule has 0 aromatic heterocycles. The molecule has 2 rings (SSSR count). The number of carbonyl (C=O) groups excluding carboxylic acids is 1. The number of ether oxygens (including phenoxy) is 1. The Morgan fingerprint density at radius 3 is 2.05 bits per heavy atom. The predicted molar refractivity (Wildman–Crippen MR) is 78.9 cm³/mol. The lowest BCUT2D eigenvalue weighted by Crippen LogP contribution is -2.10. The van der Waals surface area contributed by atoms with Gasteiger partial charge in [-0.1, -0.05) is 12.1 Å². The molecule has 0 heterocycles. The van der Waals surface area contributed by atoms with Crippen molar-refractivity contribution in [3.05, 3.63) is 72.7 Å². The topological polar surface area (TPSA) is 113 Å². The zero-order valence-corrected chi connectivity index (χ0v) is 12.3. The Kier molecular flexibility index (Phi) is 4.47. The molecule has 112 valence electrons. The fourth-order valence-electron chi connectivity index (χ4n) is 1.61. The Morgan fingerprint density at radius 1 is 1.00 bits per heavy atom. The van der Waals surface area contributed by atoms with Crippen molar-refractivity contribution < 1.29 is 19.4 Å². The average molecular weight is 367 g/mol. The number of rotatable bonds is 4. The van der Waals surface area contributed by atoms with E-state index < -0.39 is 27.2 Å². The number of hydrogen-bond acceptors (Lipinski definition) is 6. The van der Waals surface area contributed by atoms with Crippen molar-refractivity contribution in [2.75, 3.05) is 0 Å².